The highest BCUT2D eigenvalue weighted by Crippen LogP contribution is 2.46. The molecule has 22 heavy (non-hydrogen) atoms. The van der Waals surface area contributed by atoms with Gasteiger partial charge in [0.1, 0.15) is 0 Å². The quantitative estimate of drug-likeness (QED) is 0.731. The maximum absolute atomic E-state index is 6.12. The van der Waals surface area contributed by atoms with Crippen LogP contribution in [0, 0.1) is 0 Å². The average molecular weight is 313 g/mol. The fourth-order valence-electron chi connectivity index (χ4n) is 3.51. The van der Waals surface area contributed by atoms with Gasteiger partial charge in [0, 0.05) is 11.9 Å². The Kier molecular flexibility index (Phi) is 3.71. The van der Waals surface area contributed by atoms with E-state index in [1.54, 1.807) is 0 Å². The second-order valence-corrected chi connectivity index (χ2v) is 6.58. The normalized spacial score (nSPS) is 18.4. The van der Waals surface area contributed by atoms with Crippen molar-refractivity contribution in [1.29, 1.82) is 0 Å². The van der Waals surface area contributed by atoms with Gasteiger partial charge >= 0.3 is 0 Å². The summed E-state index contributed by atoms with van der Waals surface area (Å²) >= 11 is 6.12. The topological polar surface area (TPSA) is 6.48 Å². The summed E-state index contributed by atoms with van der Waals surface area (Å²) in [5.74, 6) is 0.682. The monoisotopic (exact) mass is 312 g/mol. The van der Waals surface area contributed by atoms with Crippen LogP contribution < -0.4 is 9.80 Å². The van der Waals surface area contributed by atoms with Crippen molar-refractivity contribution in [3.05, 3.63) is 60.2 Å². The molecule has 1 aliphatic carbocycles. The number of benzene rings is 2. The molecule has 2 aromatic carbocycles. The molecule has 0 amide bonds. The number of rotatable bonds is 5. The van der Waals surface area contributed by atoms with Crippen molar-refractivity contribution >= 4 is 23.0 Å². The first-order valence-corrected chi connectivity index (χ1v) is 8.65. The van der Waals surface area contributed by atoms with Crippen LogP contribution in [-0.2, 0) is 0 Å². The number of nitrogens with zero attached hydrogens (tertiary/aromatic N) is 2. The summed E-state index contributed by atoms with van der Waals surface area (Å²) in [6.45, 7) is 0.987. The molecule has 0 unspecified atom stereocenters. The molecule has 114 valence electrons. The molecule has 1 heterocycles. The van der Waals surface area contributed by atoms with E-state index in [-0.39, 0.29) is 0 Å². The van der Waals surface area contributed by atoms with E-state index in [0.29, 0.717) is 11.9 Å². The van der Waals surface area contributed by atoms with E-state index >= 15 is 0 Å². The highest BCUT2D eigenvalue weighted by Gasteiger charge is 2.38. The fourth-order valence-corrected chi connectivity index (χ4v) is 3.72. The van der Waals surface area contributed by atoms with E-state index < -0.39 is 0 Å². The molecule has 0 bridgehead atoms. The molecular weight excluding hydrogens is 292 g/mol. The molecule has 3 heteroatoms. The number of para-hydroxylation sites is 2. The summed E-state index contributed by atoms with van der Waals surface area (Å²) in [6, 6.07) is 20.7. The van der Waals surface area contributed by atoms with Crippen LogP contribution in [0.4, 0.5) is 11.4 Å². The van der Waals surface area contributed by atoms with Gasteiger partial charge in [-0.15, -0.1) is 11.6 Å². The lowest BCUT2D eigenvalue weighted by Crippen LogP contribution is -2.35. The van der Waals surface area contributed by atoms with Gasteiger partial charge < -0.3 is 9.80 Å². The number of halogens is 1. The van der Waals surface area contributed by atoms with Gasteiger partial charge in [-0.25, -0.2) is 0 Å². The van der Waals surface area contributed by atoms with Crippen molar-refractivity contribution in [1.82, 2.24) is 0 Å². The zero-order valence-corrected chi connectivity index (χ0v) is 13.4. The second kappa shape index (κ2) is 5.85. The summed E-state index contributed by atoms with van der Waals surface area (Å²) in [6.07, 6.45) is 3.62. The lowest BCUT2D eigenvalue weighted by Gasteiger charge is -2.30. The van der Waals surface area contributed by atoms with Crippen molar-refractivity contribution in [3.63, 3.8) is 0 Å². The summed E-state index contributed by atoms with van der Waals surface area (Å²) in [7, 11) is 0. The van der Waals surface area contributed by atoms with E-state index in [4.69, 9.17) is 11.6 Å². The number of fused-ring (bicyclic) bond motifs is 1. The van der Waals surface area contributed by atoms with Crippen molar-refractivity contribution in [2.45, 2.75) is 31.3 Å². The lowest BCUT2D eigenvalue weighted by atomic mass is 10.0. The van der Waals surface area contributed by atoms with E-state index in [1.807, 2.05) is 0 Å². The van der Waals surface area contributed by atoms with Crippen molar-refractivity contribution in [3.8, 4) is 0 Å². The van der Waals surface area contributed by atoms with E-state index in [9.17, 15) is 0 Å². The zero-order valence-electron chi connectivity index (χ0n) is 12.7. The largest absolute Gasteiger partial charge is 0.349 e. The predicted molar refractivity (Wildman–Crippen MR) is 93.8 cm³/mol. The van der Waals surface area contributed by atoms with Crippen LogP contribution >= 0.6 is 11.6 Å². The molecule has 4 rings (SSSR count). The minimum atomic E-state index is 0.351. The zero-order chi connectivity index (χ0) is 14.9. The van der Waals surface area contributed by atoms with Crippen molar-refractivity contribution in [2.75, 3.05) is 22.3 Å². The predicted octanol–water partition coefficient (Wildman–Crippen LogP) is 4.80. The van der Waals surface area contributed by atoms with Gasteiger partial charge in [-0.3, -0.25) is 0 Å². The molecule has 0 aromatic heterocycles. The van der Waals surface area contributed by atoms with E-state index in [2.05, 4.69) is 64.4 Å². The highest BCUT2D eigenvalue weighted by atomic mass is 35.5. The number of anilines is 2. The highest BCUT2D eigenvalue weighted by molar-refractivity contribution is 6.17. The maximum atomic E-state index is 6.12. The number of hydrogen-bond acceptors (Lipinski definition) is 2. The fraction of sp³-hybridized carbons (Fsp3) is 0.368. The van der Waals surface area contributed by atoms with Crippen LogP contribution in [0.15, 0.2) is 54.6 Å². The Balaban J connectivity index is 1.71. The SMILES string of the molecule is ClCC[C@H](c1ccccc1)N1CN(C2CC2)c2ccccc21. The smallest absolute Gasteiger partial charge is 0.0913 e. The Labute approximate surface area is 137 Å². The first-order chi connectivity index (χ1) is 10.9. The minimum Gasteiger partial charge on any atom is -0.349 e. The Morgan fingerprint density at radius 1 is 0.955 bits per heavy atom. The summed E-state index contributed by atoms with van der Waals surface area (Å²) in [5.41, 5.74) is 4.10. The van der Waals surface area contributed by atoms with Crippen LogP contribution in [-0.4, -0.2) is 18.6 Å². The summed E-state index contributed by atoms with van der Waals surface area (Å²) < 4.78 is 0. The van der Waals surface area contributed by atoms with E-state index in [0.717, 1.165) is 19.1 Å². The van der Waals surface area contributed by atoms with Gasteiger partial charge in [-0.2, -0.15) is 0 Å². The van der Waals surface area contributed by atoms with Gasteiger partial charge in [0.15, 0.2) is 0 Å². The van der Waals surface area contributed by atoms with Crippen LogP contribution in [0.3, 0.4) is 0 Å². The van der Waals surface area contributed by atoms with Gasteiger partial charge in [0.25, 0.3) is 0 Å². The number of hydrogen-bond donors (Lipinski definition) is 0. The first kappa shape index (κ1) is 14.0. The average Bonchev–Trinajstić information content (AvgIpc) is 3.35. The van der Waals surface area contributed by atoms with E-state index in [1.165, 1.54) is 29.8 Å². The second-order valence-electron chi connectivity index (χ2n) is 6.21. The molecule has 2 aliphatic rings. The third kappa shape index (κ3) is 2.46. The minimum absolute atomic E-state index is 0.351. The van der Waals surface area contributed by atoms with Gasteiger partial charge in [0.2, 0.25) is 0 Å². The van der Waals surface area contributed by atoms with Crippen molar-refractivity contribution in [2.24, 2.45) is 0 Å². The Bertz CT molecular complexity index is 639. The third-order valence-corrected chi connectivity index (χ3v) is 4.95. The molecule has 0 radical (unpaired) electrons. The maximum Gasteiger partial charge on any atom is 0.0913 e. The summed E-state index contributed by atoms with van der Waals surface area (Å²) in [4.78, 5) is 5.10. The molecule has 1 saturated carbocycles. The molecule has 2 nitrogen and oxygen atoms in total. The molecular formula is C19H21ClN2. The van der Waals surface area contributed by atoms with Crippen molar-refractivity contribution < 1.29 is 0 Å². The molecule has 0 saturated heterocycles. The van der Waals surface area contributed by atoms with Crippen LogP contribution in [0.25, 0.3) is 0 Å². The van der Waals surface area contributed by atoms with Crippen LogP contribution in [0.5, 0.6) is 0 Å². The summed E-state index contributed by atoms with van der Waals surface area (Å²) in [5, 5.41) is 0. The standard InChI is InChI=1S/C19H21ClN2/c20-13-12-17(15-6-2-1-3-7-15)22-14-21(16-10-11-16)18-8-4-5-9-19(18)22/h1-9,16-17H,10-14H2/t17-/m1/s1. The Hall–Kier alpha value is -1.67. The van der Waals surface area contributed by atoms with Gasteiger partial charge in [-0.05, 0) is 37.0 Å². The molecule has 1 aliphatic heterocycles. The third-order valence-electron chi connectivity index (χ3n) is 4.74. The Morgan fingerprint density at radius 2 is 1.64 bits per heavy atom. The Morgan fingerprint density at radius 3 is 2.32 bits per heavy atom. The van der Waals surface area contributed by atoms with Gasteiger partial charge in [-0.1, -0.05) is 42.5 Å². The van der Waals surface area contributed by atoms with Crippen LogP contribution in [0.2, 0.25) is 0 Å². The molecule has 0 N–H and O–H groups in total. The first-order valence-electron chi connectivity index (χ1n) is 8.11. The molecule has 2 aromatic rings. The van der Waals surface area contributed by atoms with Gasteiger partial charge in [0.05, 0.1) is 24.1 Å². The molecule has 1 fully saturated rings. The molecule has 1 atom stereocenters. The number of alkyl halides is 1. The van der Waals surface area contributed by atoms with Crippen LogP contribution in [0.1, 0.15) is 30.9 Å². The lowest BCUT2D eigenvalue weighted by molar-refractivity contribution is 0.608. The molecule has 0 spiro atoms.